The second-order valence-corrected chi connectivity index (χ2v) is 5.63. The topological polar surface area (TPSA) is 9.23 Å². The Kier molecular flexibility index (Phi) is 4.83. The van der Waals surface area contributed by atoms with Gasteiger partial charge in [-0.05, 0) is 41.8 Å². The van der Waals surface area contributed by atoms with E-state index in [1.165, 1.54) is 13.2 Å². The number of benzene rings is 2. The minimum Gasteiger partial charge on any atom is -0.494 e. The second-order valence-electron chi connectivity index (χ2n) is 4.19. The molecule has 0 aliphatic rings. The summed E-state index contributed by atoms with van der Waals surface area (Å²) in [7, 11) is 1.44. The van der Waals surface area contributed by atoms with Crippen molar-refractivity contribution in [3.05, 3.63) is 63.9 Å². The van der Waals surface area contributed by atoms with Gasteiger partial charge in [0.1, 0.15) is 0 Å². The lowest BCUT2D eigenvalue weighted by atomic mass is 10.0. The molecule has 1 unspecified atom stereocenters. The van der Waals surface area contributed by atoms with Crippen molar-refractivity contribution in [3.8, 4) is 5.75 Å². The molecule has 2 aromatic rings. The maximum atomic E-state index is 13.3. The fraction of sp³-hybridized carbons (Fsp3) is 0.200. The van der Waals surface area contributed by atoms with Gasteiger partial charge < -0.3 is 4.74 Å². The molecule has 0 saturated carbocycles. The van der Waals surface area contributed by atoms with E-state index in [-0.39, 0.29) is 16.9 Å². The van der Waals surface area contributed by atoms with Crippen LogP contribution in [0.3, 0.4) is 0 Å². The number of alkyl halides is 1. The normalized spacial score (nSPS) is 12.2. The third-order valence-corrected chi connectivity index (χ3v) is 3.80. The summed E-state index contributed by atoms with van der Waals surface area (Å²) in [5.74, 6) is -0.155. The lowest BCUT2D eigenvalue weighted by Gasteiger charge is -2.12. The molecule has 0 radical (unpaired) electrons. The van der Waals surface area contributed by atoms with Crippen LogP contribution in [0.1, 0.15) is 16.5 Å². The number of rotatable bonds is 4. The van der Waals surface area contributed by atoms with Crippen molar-refractivity contribution in [3.63, 3.8) is 0 Å². The van der Waals surface area contributed by atoms with Gasteiger partial charge in [-0.3, -0.25) is 0 Å². The predicted molar refractivity (Wildman–Crippen MR) is 79.4 cm³/mol. The van der Waals surface area contributed by atoms with Crippen molar-refractivity contribution in [1.29, 1.82) is 0 Å². The minimum absolute atomic E-state index is 0.212. The van der Waals surface area contributed by atoms with E-state index >= 15 is 0 Å². The van der Waals surface area contributed by atoms with Crippen LogP contribution in [0.5, 0.6) is 5.75 Å². The van der Waals surface area contributed by atoms with Gasteiger partial charge in [-0.15, -0.1) is 11.6 Å². The van der Waals surface area contributed by atoms with Crippen molar-refractivity contribution in [1.82, 2.24) is 0 Å². The third-order valence-electron chi connectivity index (χ3n) is 2.87. The molecular formula is C15H13BrClFO. The molecule has 0 aliphatic heterocycles. The monoisotopic (exact) mass is 342 g/mol. The van der Waals surface area contributed by atoms with E-state index in [0.29, 0.717) is 6.42 Å². The first-order chi connectivity index (χ1) is 9.10. The van der Waals surface area contributed by atoms with Gasteiger partial charge in [-0.2, -0.15) is 0 Å². The number of methoxy groups -OCH3 is 1. The Balaban J connectivity index is 2.15. The van der Waals surface area contributed by atoms with E-state index in [1.807, 2.05) is 24.3 Å². The third kappa shape index (κ3) is 3.71. The van der Waals surface area contributed by atoms with Crippen LogP contribution in [0.4, 0.5) is 4.39 Å². The zero-order valence-electron chi connectivity index (χ0n) is 10.4. The van der Waals surface area contributed by atoms with Crippen molar-refractivity contribution >= 4 is 27.5 Å². The second kappa shape index (κ2) is 6.40. The first kappa shape index (κ1) is 14.4. The van der Waals surface area contributed by atoms with Crippen LogP contribution < -0.4 is 4.74 Å². The van der Waals surface area contributed by atoms with Gasteiger partial charge in [0.15, 0.2) is 11.6 Å². The van der Waals surface area contributed by atoms with Gasteiger partial charge in [-0.1, -0.05) is 34.1 Å². The summed E-state index contributed by atoms with van der Waals surface area (Å²) in [6.07, 6.45) is 0.684. The summed E-state index contributed by atoms with van der Waals surface area (Å²) in [6.45, 7) is 0. The maximum Gasteiger partial charge on any atom is 0.165 e. The van der Waals surface area contributed by atoms with E-state index in [0.717, 1.165) is 15.6 Å². The SMILES string of the molecule is COc1cc(C(Cl)Cc2ccc(Br)cc2)ccc1F. The summed E-state index contributed by atoms with van der Waals surface area (Å²) >= 11 is 9.76. The van der Waals surface area contributed by atoms with Gasteiger partial charge in [-0.25, -0.2) is 4.39 Å². The molecule has 2 rings (SSSR count). The molecule has 4 heteroatoms. The highest BCUT2D eigenvalue weighted by molar-refractivity contribution is 9.10. The molecule has 0 spiro atoms. The first-order valence-corrected chi connectivity index (χ1v) is 7.05. The molecule has 0 bridgehead atoms. The highest BCUT2D eigenvalue weighted by Gasteiger charge is 2.12. The van der Waals surface area contributed by atoms with Crippen LogP contribution in [0, 0.1) is 5.82 Å². The molecule has 0 amide bonds. The quantitative estimate of drug-likeness (QED) is 0.700. The molecule has 0 fully saturated rings. The molecule has 0 heterocycles. The Hall–Kier alpha value is -1.06. The molecule has 19 heavy (non-hydrogen) atoms. The molecule has 0 N–H and O–H groups in total. The summed E-state index contributed by atoms with van der Waals surface area (Å²) in [5, 5.41) is -0.212. The van der Waals surface area contributed by atoms with Gasteiger partial charge in [0, 0.05) is 4.47 Å². The van der Waals surface area contributed by atoms with Gasteiger partial charge in [0.2, 0.25) is 0 Å². The zero-order chi connectivity index (χ0) is 13.8. The Morgan fingerprint density at radius 2 is 1.89 bits per heavy atom. The molecule has 1 nitrogen and oxygen atoms in total. The Bertz CT molecular complexity index is 557. The van der Waals surface area contributed by atoms with E-state index in [1.54, 1.807) is 12.1 Å². The maximum absolute atomic E-state index is 13.3. The summed E-state index contributed by atoms with van der Waals surface area (Å²) in [4.78, 5) is 0. The minimum atomic E-state index is -0.376. The highest BCUT2D eigenvalue weighted by Crippen LogP contribution is 2.29. The van der Waals surface area contributed by atoms with E-state index in [9.17, 15) is 4.39 Å². The Labute approximate surface area is 125 Å². The van der Waals surface area contributed by atoms with Crippen LogP contribution >= 0.6 is 27.5 Å². The van der Waals surface area contributed by atoms with E-state index in [4.69, 9.17) is 16.3 Å². The molecule has 1 atom stereocenters. The molecule has 0 aliphatic carbocycles. The van der Waals surface area contributed by atoms with Crippen LogP contribution in [0.15, 0.2) is 46.9 Å². The molecule has 100 valence electrons. The number of hydrogen-bond donors (Lipinski definition) is 0. The lowest BCUT2D eigenvalue weighted by Crippen LogP contribution is -1.98. The summed E-state index contributed by atoms with van der Waals surface area (Å²) < 4.78 is 19.3. The van der Waals surface area contributed by atoms with Crippen LogP contribution in [0.25, 0.3) is 0 Å². The smallest absolute Gasteiger partial charge is 0.165 e. The van der Waals surface area contributed by atoms with Crippen molar-refractivity contribution in [2.75, 3.05) is 7.11 Å². The van der Waals surface area contributed by atoms with E-state index in [2.05, 4.69) is 15.9 Å². The van der Waals surface area contributed by atoms with Crippen LogP contribution in [-0.2, 0) is 6.42 Å². The molecular weight excluding hydrogens is 331 g/mol. The number of hydrogen-bond acceptors (Lipinski definition) is 1. The Morgan fingerprint density at radius 3 is 2.53 bits per heavy atom. The van der Waals surface area contributed by atoms with Crippen molar-refractivity contribution < 1.29 is 9.13 Å². The molecule has 0 saturated heterocycles. The van der Waals surface area contributed by atoms with Crippen LogP contribution in [0.2, 0.25) is 0 Å². The van der Waals surface area contributed by atoms with E-state index < -0.39 is 0 Å². The number of halogens is 3. The fourth-order valence-electron chi connectivity index (χ4n) is 1.82. The molecule has 2 aromatic carbocycles. The summed E-state index contributed by atoms with van der Waals surface area (Å²) in [6, 6.07) is 12.7. The standard InChI is InChI=1S/C15H13BrClFO/c1-19-15-9-11(4-7-14(15)18)13(17)8-10-2-5-12(16)6-3-10/h2-7,9,13H,8H2,1H3. The number of ether oxygens (including phenoxy) is 1. The zero-order valence-corrected chi connectivity index (χ0v) is 12.7. The van der Waals surface area contributed by atoms with Gasteiger partial charge >= 0.3 is 0 Å². The van der Waals surface area contributed by atoms with Crippen molar-refractivity contribution in [2.24, 2.45) is 0 Å². The Morgan fingerprint density at radius 1 is 1.21 bits per heavy atom. The average Bonchev–Trinajstić information content (AvgIpc) is 2.42. The first-order valence-electron chi connectivity index (χ1n) is 5.82. The largest absolute Gasteiger partial charge is 0.494 e. The average molecular weight is 344 g/mol. The lowest BCUT2D eigenvalue weighted by molar-refractivity contribution is 0.386. The predicted octanol–water partition coefficient (Wildman–Crippen LogP) is 5.12. The fourth-order valence-corrected chi connectivity index (χ4v) is 2.39. The summed E-state index contributed by atoms with van der Waals surface area (Å²) in [5.41, 5.74) is 1.98. The highest BCUT2D eigenvalue weighted by atomic mass is 79.9. The van der Waals surface area contributed by atoms with Gasteiger partial charge in [0.25, 0.3) is 0 Å². The van der Waals surface area contributed by atoms with Crippen LogP contribution in [-0.4, -0.2) is 7.11 Å². The van der Waals surface area contributed by atoms with Gasteiger partial charge in [0.05, 0.1) is 12.5 Å². The van der Waals surface area contributed by atoms with Crippen molar-refractivity contribution in [2.45, 2.75) is 11.8 Å². The molecule has 0 aromatic heterocycles.